The Hall–Kier alpha value is -2.96. The van der Waals surface area contributed by atoms with Gasteiger partial charge >= 0.3 is 0 Å². The van der Waals surface area contributed by atoms with Gasteiger partial charge in [-0.2, -0.15) is 5.10 Å². The summed E-state index contributed by atoms with van der Waals surface area (Å²) in [7, 11) is 1.71. The van der Waals surface area contributed by atoms with E-state index in [1.165, 1.54) is 12.3 Å². The van der Waals surface area contributed by atoms with Gasteiger partial charge in [-0.05, 0) is 24.3 Å². The van der Waals surface area contributed by atoms with E-state index in [-0.39, 0.29) is 5.69 Å². The molecule has 0 fully saturated rings. The molecule has 0 radical (unpaired) electrons. The van der Waals surface area contributed by atoms with Gasteiger partial charge in [0.25, 0.3) is 5.91 Å². The number of anilines is 1. The molecule has 0 aliphatic carbocycles. The molecule has 1 N–H and O–H groups in total. The number of aryl methyl sites for hydroxylation is 1. The molecule has 112 valence electrons. The molecule has 0 atom stereocenters. The number of halogens is 2. The molecular formula is C15H12F2N4O. The molecule has 2 aromatic heterocycles. The zero-order valence-electron chi connectivity index (χ0n) is 11.6. The predicted molar refractivity (Wildman–Crippen MR) is 76.8 cm³/mol. The summed E-state index contributed by atoms with van der Waals surface area (Å²) in [6, 6.07) is 6.83. The summed E-state index contributed by atoms with van der Waals surface area (Å²) in [5.74, 6) is -1.87. The monoisotopic (exact) mass is 302 g/mol. The van der Waals surface area contributed by atoms with Crippen molar-refractivity contribution in [2.45, 2.75) is 0 Å². The Balaban J connectivity index is 1.91. The van der Waals surface area contributed by atoms with Crippen molar-refractivity contribution < 1.29 is 13.6 Å². The van der Waals surface area contributed by atoms with Crippen LogP contribution in [0, 0.1) is 11.6 Å². The number of aromatic nitrogens is 3. The second-order valence-electron chi connectivity index (χ2n) is 4.68. The van der Waals surface area contributed by atoms with Crippen molar-refractivity contribution in [1.82, 2.24) is 14.3 Å². The van der Waals surface area contributed by atoms with Crippen LogP contribution in [0.5, 0.6) is 0 Å². The highest BCUT2D eigenvalue weighted by Gasteiger charge is 2.17. The van der Waals surface area contributed by atoms with E-state index in [9.17, 15) is 13.6 Å². The maximum atomic E-state index is 13.2. The van der Waals surface area contributed by atoms with Gasteiger partial charge in [0.2, 0.25) is 0 Å². The standard InChI is InChI=1S/C15H12F2N4O/c1-20-15(21-6-2-3-7-21)11(9-18-20)14(22)19-10-4-5-12(16)13(17)8-10/h2-9H,1H3,(H,19,22). The highest BCUT2D eigenvalue weighted by atomic mass is 19.2. The van der Waals surface area contributed by atoms with Gasteiger partial charge < -0.3 is 9.88 Å². The number of carbonyl (C=O) groups excluding carboxylic acids is 1. The Labute approximate surface area is 124 Å². The maximum absolute atomic E-state index is 13.2. The van der Waals surface area contributed by atoms with E-state index in [1.54, 1.807) is 28.7 Å². The van der Waals surface area contributed by atoms with Crippen LogP contribution < -0.4 is 5.32 Å². The third-order valence-electron chi connectivity index (χ3n) is 3.18. The molecule has 3 rings (SSSR count). The van der Waals surface area contributed by atoms with Crippen molar-refractivity contribution in [3.63, 3.8) is 0 Å². The minimum absolute atomic E-state index is 0.172. The van der Waals surface area contributed by atoms with E-state index in [1.807, 2.05) is 12.1 Å². The number of nitrogens with zero attached hydrogens (tertiary/aromatic N) is 3. The van der Waals surface area contributed by atoms with Crippen LogP contribution in [0.3, 0.4) is 0 Å². The fraction of sp³-hybridized carbons (Fsp3) is 0.0667. The lowest BCUT2D eigenvalue weighted by atomic mass is 10.2. The van der Waals surface area contributed by atoms with Crippen LogP contribution >= 0.6 is 0 Å². The Morgan fingerprint density at radius 3 is 2.59 bits per heavy atom. The molecule has 0 bridgehead atoms. The van der Waals surface area contributed by atoms with E-state index in [0.717, 1.165) is 12.1 Å². The quantitative estimate of drug-likeness (QED) is 0.809. The summed E-state index contributed by atoms with van der Waals surface area (Å²) < 4.78 is 29.4. The van der Waals surface area contributed by atoms with E-state index < -0.39 is 17.5 Å². The van der Waals surface area contributed by atoms with Gasteiger partial charge in [0.05, 0.1) is 6.20 Å². The van der Waals surface area contributed by atoms with Crippen LogP contribution in [0.2, 0.25) is 0 Å². The molecule has 0 spiro atoms. The van der Waals surface area contributed by atoms with E-state index in [4.69, 9.17) is 0 Å². The van der Waals surface area contributed by atoms with Crippen LogP contribution in [-0.2, 0) is 7.05 Å². The van der Waals surface area contributed by atoms with Gasteiger partial charge in [-0.25, -0.2) is 8.78 Å². The minimum atomic E-state index is -1.02. The molecule has 0 aliphatic heterocycles. The van der Waals surface area contributed by atoms with Crippen molar-refractivity contribution in [3.8, 4) is 5.82 Å². The average Bonchev–Trinajstić information content (AvgIpc) is 3.11. The summed E-state index contributed by atoms with van der Waals surface area (Å²) in [5.41, 5.74) is 0.495. The molecule has 0 unspecified atom stereocenters. The van der Waals surface area contributed by atoms with Gasteiger partial charge in [0.15, 0.2) is 11.6 Å². The molecule has 1 amide bonds. The molecule has 3 aromatic rings. The number of carbonyl (C=O) groups is 1. The minimum Gasteiger partial charge on any atom is -0.322 e. The van der Waals surface area contributed by atoms with Crippen LogP contribution in [-0.4, -0.2) is 20.3 Å². The number of hydrogen-bond donors (Lipinski definition) is 1. The molecule has 22 heavy (non-hydrogen) atoms. The van der Waals surface area contributed by atoms with Gasteiger partial charge in [0.1, 0.15) is 11.4 Å². The first-order valence-corrected chi connectivity index (χ1v) is 6.48. The van der Waals surface area contributed by atoms with Crippen LogP contribution in [0.25, 0.3) is 5.82 Å². The summed E-state index contributed by atoms with van der Waals surface area (Å²) >= 11 is 0. The van der Waals surface area contributed by atoms with Gasteiger partial charge in [-0.15, -0.1) is 0 Å². The Morgan fingerprint density at radius 1 is 1.18 bits per heavy atom. The van der Waals surface area contributed by atoms with Crippen molar-refractivity contribution >= 4 is 11.6 Å². The van der Waals surface area contributed by atoms with Crippen LogP contribution in [0.15, 0.2) is 48.9 Å². The zero-order chi connectivity index (χ0) is 15.7. The Morgan fingerprint density at radius 2 is 1.91 bits per heavy atom. The topological polar surface area (TPSA) is 51.9 Å². The Kier molecular flexibility index (Phi) is 3.46. The lowest BCUT2D eigenvalue weighted by molar-refractivity contribution is 0.102. The third kappa shape index (κ3) is 2.48. The van der Waals surface area contributed by atoms with Gasteiger partial charge in [-0.3, -0.25) is 9.48 Å². The molecule has 2 heterocycles. The normalized spacial score (nSPS) is 10.7. The lowest BCUT2D eigenvalue weighted by Crippen LogP contribution is -2.15. The fourth-order valence-corrected chi connectivity index (χ4v) is 2.15. The van der Waals surface area contributed by atoms with E-state index >= 15 is 0 Å². The first-order valence-electron chi connectivity index (χ1n) is 6.48. The molecule has 1 aromatic carbocycles. The number of amides is 1. The molecule has 5 nitrogen and oxygen atoms in total. The summed E-state index contributed by atoms with van der Waals surface area (Å²) in [4.78, 5) is 12.3. The molecule has 0 aliphatic rings. The largest absolute Gasteiger partial charge is 0.322 e. The number of nitrogens with one attached hydrogen (secondary N) is 1. The highest BCUT2D eigenvalue weighted by molar-refractivity contribution is 6.06. The fourth-order valence-electron chi connectivity index (χ4n) is 2.15. The van der Waals surface area contributed by atoms with Gasteiger partial charge in [-0.1, -0.05) is 0 Å². The van der Waals surface area contributed by atoms with Crippen LogP contribution in [0.1, 0.15) is 10.4 Å². The first kappa shape index (κ1) is 14.0. The average molecular weight is 302 g/mol. The second-order valence-corrected chi connectivity index (χ2v) is 4.68. The number of rotatable bonds is 3. The van der Waals surface area contributed by atoms with Crippen molar-refractivity contribution in [3.05, 3.63) is 66.1 Å². The first-order chi connectivity index (χ1) is 10.6. The van der Waals surface area contributed by atoms with Crippen molar-refractivity contribution in [2.75, 3.05) is 5.32 Å². The number of benzene rings is 1. The van der Waals surface area contributed by atoms with E-state index in [2.05, 4.69) is 10.4 Å². The second kappa shape index (κ2) is 5.44. The SMILES string of the molecule is Cn1ncc(C(=O)Nc2ccc(F)c(F)c2)c1-n1cccc1. The summed E-state index contributed by atoms with van der Waals surface area (Å²) in [6.45, 7) is 0. The van der Waals surface area contributed by atoms with Gasteiger partial charge in [0, 0.05) is 31.2 Å². The van der Waals surface area contributed by atoms with E-state index in [0.29, 0.717) is 11.4 Å². The van der Waals surface area contributed by atoms with Crippen molar-refractivity contribution in [2.24, 2.45) is 7.05 Å². The summed E-state index contributed by atoms with van der Waals surface area (Å²) in [5, 5.41) is 6.60. The summed E-state index contributed by atoms with van der Waals surface area (Å²) in [6.07, 6.45) is 4.99. The maximum Gasteiger partial charge on any atom is 0.261 e. The molecule has 0 saturated carbocycles. The number of hydrogen-bond acceptors (Lipinski definition) is 2. The molecular weight excluding hydrogens is 290 g/mol. The molecule has 7 heteroatoms. The zero-order valence-corrected chi connectivity index (χ0v) is 11.6. The molecule has 0 saturated heterocycles. The predicted octanol–water partition coefficient (Wildman–Crippen LogP) is 2.74. The lowest BCUT2D eigenvalue weighted by Gasteiger charge is -2.08. The smallest absolute Gasteiger partial charge is 0.261 e. The Bertz CT molecular complexity index is 824. The van der Waals surface area contributed by atoms with Crippen molar-refractivity contribution in [1.29, 1.82) is 0 Å². The highest BCUT2D eigenvalue weighted by Crippen LogP contribution is 2.18. The van der Waals surface area contributed by atoms with Crippen LogP contribution in [0.4, 0.5) is 14.5 Å². The third-order valence-corrected chi connectivity index (χ3v) is 3.18.